The number of carbonyl (C=O) groups is 2. The van der Waals surface area contributed by atoms with E-state index in [0.29, 0.717) is 31.5 Å². The van der Waals surface area contributed by atoms with E-state index in [1.807, 2.05) is 0 Å². The van der Waals surface area contributed by atoms with Gasteiger partial charge in [-0.15, -0.1) is 0 Å². The van der Waals surface area contributed by atoms with Crippen LogP contribution in [0.15, 0.2) is 23.0 Å². The highest BCUT2D eigenvalue weighted by molar-refractivity contribution is 5.94. The number of piperidine rings is 1. The lowest BCUT2D eigenvalue weighted by Gasteiger charge is -2.30. The lowest BCUT2D eigenvalue weighted by atomic mass is 9.96. The average molecular weight is 222 g/mol. The molecular formula is C11H14N2O3. The first-order valence-electron chi connectivity index (χ1n) is 5.29. The van der Waals surface area contributed by atoms with Crippen molar-refractivity contribution in [2.45, 2.75) is 12.8 Å². The first-order valence-corrected chi connectivity index (χ1v) is 5.29. The van der Waals surface area contributed by atoms with Gasteiger partial charge in [0.05, 0.1) is 11.8 Å². The van der Waals surface area contributed by atoms with Crippen LogP contribution in [0.25, 0.3) is 0 Å². The maximum Gasteiger partial charge on any atom is 0.257 e. The number of primary amides is 1. The van der Waals surface area contributed by atoms with Gasteiger partial charge >= 0.3 is 0 Å². The molecule has 2 rings (SSSR count). The van der Waals surface area contributed by atoms with E-state index in [1.54, 1.807) is 11.0 Å². The highest BCUT2D eigenvalue weighted by Gasteiger charge is 2.26. The summed E-state index contributed by atoms with van der Waals surface area (Å²) in [5.41, 5.74) is 5.78. The molecule has 86 valence electrons. The largest absolute Gasteiger partial charge is 0.472 e. The first-order chi connectivity index (χ1) is 7.68. The summed E-state index contributed by atoms with van der Waals surface area (Å²) >= 11 is 0. The van der Waals surface area contributed by atoms with Crippen molar-refractivity contribution in [2.75, 3.05) is 13.1 Å². The summed E-state index contributed by atoms with van der Waals surface area (Å²) in [4.78, 5) is 24.6. The Morgan fingerprint density at radius 1 is 1.38 bits per heavy atom. The number of furan rings is 1. The molecule has 0 radical (unpaired) electrons. The number of amides is 2. The van der Waals surface area contributed by atoms with Crippen LogP contribution in [0.3, 0.4) is 0 Å². The molecule has 0 atom stereocenters. The summed E-state index contributed by atoms with van der Waals surface area (Å²) in [5, 5.41) is 0. The van der Waals surface area contributed by atoms with Crippen LogP contribution in [-0.4, -0.2) is 29.8 Å². The van der Waals surface area contributed by atoms with Gasteiger partial charge in [0.1, 0.15) is 6.26 Å². The maximum atomic E-state index is 11.9. The molecule has 2 heterocycles. The van der Waals surface area contributed by atoms with Gasteiger partial charge in [0.25, 0.3) is 5.91 Å². The van der Waals surface area contributed by atoms with Crippen molar-refractivity contribution in [3.8, 4) is 0 Å². The molecule has 1 saturated heterocycles. The number of likely N-dealkylation sites (tertiary alicyclic amines) is 1. The van der Waals surface area contributed by atoms with E-state index in [0.717, 1.165) is 0 Å². The van der Waals surface area contributed by atoms with Gasteiger partial charge in [0.15, 0.2) is 0 Å². The molecule has 1 aromatic heterocycles. The second-order valence-electron chi connectivity index (χ2n) is 3.98. The van der Waals surface area contributed by atoms with Crippen molar-refractivity contribution in [1.29, 1.82) is 0 Å². The third-order valence-corrected chi connectivity index (χ3v) is 2.95. The fourth-order valence-corrected chi connectivity index (χ4v) is 1.94. The molecular weight excluding hydrogens is 208 g/mol. The van der Waals surface area contributed by atoms with Gasteiger partial charge in [-0.3, -0.25) is 9.59 Å². The fourth-order valence-electron chi connectivity index (χ4n) is 1.94. The molecule has 0 aromatic carbocycles. The van der Waals surface area contributed by atoms with Gasteiger partial charge < -0.3 is 15.1 Å². The van der Waals surface area contributed by atoms with Crippen molar-refractivity contribution < 1.29 is 14.0 Å². The second kappa shape index (κ2) is 4.38. The SMILES string of the molecule is NC(=O)C1CCN(C(=O)c2ccoc2)CC1. The third kappa shape index (κ3) is 2.08. The first kappa shape index (κ1) is 10.7. The summed E-state index contributed by atoms with van der Waals surface area (Å²) in [6.07, 6.45) is 4.21. The molecule has 1 aliphatic rings. The zero-order chi connectivity index (χ0) is 11.5. The molecule has 2 amide bonds. The van der Waals surface area contributed by atoms with Gasteiger partial charge in [-0.2, -0.15) is 0 Å². The third-order valence-electron chi connectivity index (χ3n) is 2.95. The van der Waals surface area contributed by atoms with E-state index >= 15 is 0 Å². The minimum atomic E-state index is -0.268. The van der Waals surface area contributed by atoms with E-state index in [4.69, 9.17) is 10.2 Å². The summed E-state index contributed by atoms with van der Waals surface area (Å²) < 4.78 is 4.86. The van der Waals surface area contributed by atoms with Crippen molar-refractivity contribution in [1.82, 2.24) is 4.90 Å². The molecule has 2 N–H and O–H groups in total. The number of hydrogen-bond acceptors (Lipinski definition) is 3. The summed E-state index contributed by atoms with van der Waals surface area (Å²) in [6.45, 7) is 1.16. The molecule has 0 bridgehead atoms. The Morgan fingerprint density at radius 3 is 2.56 bits per heavy atom. The van der Waals surface area contributed by atoms with Gasteiger partial charge in [-0.05, 0) is 18.9 Å². The molecule has 5 nitrogen and oxygen atoms in total. The van der Waals surface area contributed by atoms with Crippen LogP contribution in [0, 0.1) is 5.92 Å². The lowest BCUT2D eigenvalue weighted by molar-refractivity contribution is -0.123. The van der Waals surface area contributed by atoms with Crippen LogP contribution in [0.4, 0.5) is 0 Å². The van der Waals surface area contributed by atoms with E-state index in [9.17, 15) is 9.59 Å². The van der Waals surface area contributed by atoms with Crippen LogP contribution < -0.4 is 5.73 Å². The minimum Gasteiger partial charge on any atom is -0.472 e. The number of carbonyl (C=O) groups excluding carboxylic acids is 2. The molecule has 0 saturated carbocycles. The van der Waals surface area contributed by atoms with Gasteiger partial charge in [0.2, 0.25) is 5.91 Å². The van der Waals surface area contributed by atoms with Crippen LogP contribution in [0.5, 0.6) is 0 Å². The lowest BCUT2D eigenvalue weighted by Crippen LogP contribution is -2.41. The Labute approximate surface area is 93.2 Å². The Bertz CT molecular complexity index is 378. The van der Waals surface area contributed by atoms with Crippen LogP contribution in [0.2, 0.25) is 0 Å². The Kier molecular flexibility index (Phi) is 2.94. The van der Waals surface area contributed by atoms with Gasteiger partial charge in [0, 0.05) is 19.0 Å². The molecule has 0 spiro atoms. The normalized spacial score (nSPS) is 17.4. The predicted octanol–water partition coefficient (Wildman–Crippen LogP) is 0.617. The predicted molar refractivity (Wildman–Crippen MR) is 56.5 cm³/mol. The highest BCUT2D eigenvalue weighted by Crippen LogP contribution is 2.18. The minimum absolute atomic E-state index is 0.0447. The monoisotopic (exact) mass is 222 g/mol. The fraction of sp³-hybridized carbons (Fsp3) is 0.455. The molecule has 0 unspecified atom stereocenters. The zero-order valence-corrected chi connectivity index (χ0v) is 8.89. The van der Waals surface area contributed by atoms with E-state index < -0.39 is 0 Å². The topological polar surface area (TPSA) is 76.5 Å². The van der Waals surface area contributed by atoms with Crippen LogP contribution in [-0.2, 0) is 4.79 Å². The smallest absolute Gasteiger partial charge is 0.257 e. The van der Waals surface area contributed by atoms with Crippen LogP contribution >= 0.6 is 0 Å². The standard InChI is InChI=1S/C11H14N2O3/c12-10(14)8-1-4-13(5-2-8)11(15)9-3-6-16-7-9/h3,6-8H,1-2,4-5H2,(H2,12,14). The molecule has 5 heteroatoms. The average Bonchev–Trinajstić information content (AvgIpc) is 2.81. The quantitative estimate of drug-likeness (QED) is 0.796. The second-order valence-corrected chi connectivity index (χ2v) is 3.98. The number of nitrogens with zero attached hydrogens (tertiary/aromatic N) is 1. The Hall–Kier alpha value is -1.78. The Morgan fingerprint density at radius 2 is 2.06 bits per heavy atom. The summed E-state index contributed by atoms with van der Waals surface area (Å²) in [7, 11) is 0. The molecule has 16 heavy (non-hydrogen) atoms. The van der Waals surface area contributed by atoms with Gasteiger partial charge in [-0.25, -0.2) is 0 Å². The van der Waals surface area contributed by atoms with E-state index in [2.05, 4.69) is 0 Å². The number of hydrogen-bond donors (Lipinski definition) is 1. The number of rotatable bonds is 2. The zero-order valence-electron chi connectivity index (χ0n) is 8.89. The highest BCUT2D eigenvalue weighted by atomic mass is 16.3. The Balaban J connectivity index is 1.94. The van der Waals surface area contributed by atoms with Crippen molar-refractivity contribution in [3.05, 3.63) is 24.2 Å². The van der Waals surface area contributed by atoms with Crippen molar-refractivity contribution >= 4 is 11.8 Å². The molecule has 1 fully saturated rings. The number of nitrogens with two attached hydrogens (primary N) is 1. The van der Waals surface area contributed by atoms with Crippen LogP contribution in [0.1, 0.15) is 23.2 Å². The van der Waals surface area contributed by atoms with Crippen molar-refractivity contribution in [3.63, 3.8) is 0 Å². The van der Waals surface area contributed by atoms with E-state index in [1.165, 1.54) is 12.5 Å². The molecule has 1 aliphatic heterocycles. The summed E-state index contributed by atoms with van der Waals surface area (Å²) in [5.74, 6) is -0.402. The summed E-state index contributed by atoms with van der Waals surface area (Å²) in [6, 6.07) is 1.64. The molecule has 0 aliphatic carbocycles. The molecule has 1 aromatic rings. The van der Waals surface area contributed by atoms with E-state index in [-0.39, 0.29) is 17.7 Å². The van der Waals surface area contributed by atoms with Gasteiger partial charge in [-0.1, -0.05) is 0 Å². The van der Waals surface area contributed by atoms with Crippen molar-refractivity contribution in [2.24, 2.45) is 11.7 Å². The maximum absolute atomic E-state index is 11.9.